The lowest BCUT2D eigenvalue weighted by Crippen LogP contribution is -2.39. The van der Waals surface area contributed by atoms with Gasteiger partial charge < -0.3 is 10.4 Å². The molecule has 0 radical (unpaired) electrons. The molecule has 1 aromatic carbocycles. The minimum Gasteiger partial charge on any atom is -0.395 e. The van der Waals surface area contributed by atoms with Crippen LogP contribution in [0.2, 0.25) is 0 Å². The fourth-order valence-electron chi connectivity index (χ4n) is 3.39. The van der Waals surface area contributed by atoms with Gasteiger partial charge in [-0.15, -0.1) is 0 Å². The Balaban J connectivity index is 2.27. The van der Waals surface area contributed by atoms with Crippen molar-refractivity contribution in [3.05, 3.63) is 63.6 Å². The van der Waals surface area contributed by atoms with Gasteiger partial charge in [0.05, 0.1) is 6.61 Å². The zero-order chi connectivity index (χ0) is 18.9. The summed E-state index contributed by atoms with van der Waals surface area (Å²) in [4.78, 5) is 38.2. The molecule has 0 saturated heterocycles. The molecule has 0 bridgehead atoms. The van der Waals surface area contributed by atoms with E-state index < -0.39 is 11.5 Å². The first kappa shape index (κ1) is 18.1. The number of carbonyl (C=O) groups excluding carboxylic acids is 2. The van der Waals surface area contributed by atoms with Crippen molar-refractivity contribution in [1.82, 2.24) is 9.88 Å². The summed E-state index contributed by atoms with van der Waals surface area (Å²) in [5.41, 5.74) is 0.873. The minimum atomic E-state index is -0.589. The van der Waals surface area contributed by atoms with Gasteiger partial charge in [-0.1, -0.05) is 32.0 Å². The van der Waals surface area contributed by atoms with Crippen LogP contribution in [0.25, 0.3) is 5.69 Å². The van der Waals surface area contributed by atoms with E-state index in [0.29, 0.717) is 29.8 Å². The number of rotatable bonds is 4. The number of benzene rings is 1. The number of Topliss-reactive ketones (excluding diaryl/α,β-unsaturated/α-hetero) is 1. The third kappa shape index (κ3) is 3.32. The maximum atomic E-state index is 13.1. The number of hydrogen-bond acceptors (Lipinski definition) is 4. The average molecular weight is 354 g/mol. The van der Waals surface area contributed by atoms with Crippen molar-refractivity contribution in [1.29, 1.82) is 0 Å². The second kappa shape index (κ2) is 6.88. The second-order valence-corrected chi connectivity index (χ2v) is 7.31. The van der Waals surface area contributed by atoms with Gasteiger partial charge in [-0.25, -0.2) is 0 Å². The fraction of sp³-hybridized carbons (Fsp3) is 0.350. The molecule has 0 saturated carbocycles. The number of aliphatic hydroxyl groups is 1. The third-order valence-corrected chi connectivity index (χ3v) is 4.54. The predicted octanol–water partition coefficient (Wildman–Crippen LogP) is 1.71. The molecule has 1 aromatic heterocycles. The molecule has 6 heteroatoms. The van der Waals surface area contributed by atoms with Crippen LogP contribution in [0.15, 0.2) is 41.2 Å². The predicted molar refractivity (Wildman–Crippen MR) is 97.9 cm³/mol. The van der Waals surface area contributed by atoms with Crippen LogP contribution in [0.1, 0.15) is 46.7 Å². The Morgan fingerprint density at radius 2 is 1.88 bits per heavy atom. The standard InChI is InChI=1S/C20H22N2O4/c1-20(2)11-16-14(17(24)12-20)10-15(18(25)21-8-9-23)19(26)22(16)13-6-4-3-5-7-13/h3-7,10,23H,8-9,11-12H2,1-2H3,(H,21,25). The van der Waals surface area contributed by atoms with Crippen molar-refractivity contribution >= 4 is 11.7 Å². The summed E-state index contributed by atoms with van der Waals surface area (Å²) in [5.74, 6) is -0.661. The monoisotopic (exact) mass is 354 g/mol. The molecule has 0 unspecified atom stereocenters. The molecule has 1 aliphatic rings. The maximum absolute atomic E-state index is 13.1. The van der Waals surface area contributed by atoms with Crippen molar-refractivity contribution in [2.24, 2.45) is 5.41 Å². The quantitative estimate of drug-likeness (QED) is 0.875. The molecule has 0 atom stereocenters. The Kier molecular flexibility index (Phi) is 4.78. The summed E-state index contributed by atoms with van der Waals surface area (Å²) < 4.78 is 1.47. The number of ketones is 1. The number of amides is 1. The van der Waals surface area contributed by atoms with Gasteiger partial charge in [0.2, 0.25) is 0 Å². The number of nitrogens with one attached hydrogen (secondary N) is 1. The Morgan fingerprint density at radius 3 is 2.54 bits per heavy atom. The van der Waals surface area contributed by atoms with Crippen molar-refractivity contribution in [3.63, 3.8) is 0 Å². The highest BCUT2D eigenvalue weighted by Crippen LogP contribution is 2.35. The van der Waals surface area contributed by atoms with Crippen molar-refractivity contribution in [2.45, 2.75) is 26.7 Å². The third-order valence-electron chi connectivity index (χ3n) is 4.54. The van der Waals surface area contributed by atoms with Crippen LogP contribution in [0.4, 0.5) is 0 Å². The molecular formula is C20H22N2O4. The van der Waals surface area contributed by atoms with E-state index in [0.717, 1.165) is 0 Å². The van der Waals surface area contributed by atoms with E-state index in [2.05, 4.69) is 5.32 Å². The molecule has 1 amide bonds. The van der Waals surface area contributed by atoms with Gasteiger partial charge in [0.15, 0.2) is 5.78 Å². The number of aliphatic hydroxyl groups excluding tert-OH is 1. The lowest BCUT2D eigenvalue weighted by Gasteiger charge is -2.32. The summed E-state index contributed by atoms with van der Waals surface area (Å²) in [6, 6.07) is 10.4. The number of pyridine rings is 1. The highest BCUT2D eigenvalue weighted by Gasteiger charge is 2.34. The summed E-state index contributed by atoms with van der Waals surface area (Å²) in [6.45, 7) is 3.81. The molecule has 6 nitrogen and oxygen atoms in total. The van der Waals surface area contributed by atoms with Gasteiger partial charge in [0.1, 0.15) is 5.56 Å². The van der Waals surface area contributed by atoms with E-state index >= 15 is 0 Å². The molecule has 0 aliphatic heterocycles. The van der Waals surface area contributed by atoms with Gasteiger partial charge >= 0.3 is 0 Å². The SMILES string of the molecule is CC1(C)CC(=O)c2cc(C(=O)NCCO)c(=O)n(-c3ccccc3)c2C1. The molecular weight excluding hydrogens is 332 g/mol. The van der Waals surface area contributed by atoms with Crippen molar-refractivity contribution in [3.8, 4) is 5.69 Å². The fourth-order valence-corrected chi connectivity index (χ4v) is 3.39. The first-order chi connectivity index (χ1) is 12.3. The lowest BCUT2D eigenvalue weighted by atomic mass is 9.75. The minimum absolute atomic E-state index is 0.0433. The smallest absolute Gasteiger partial charge is 0.268 e. The van der Waals surface area contributed by atoms with E-state index in [9.17, 15) is 14.4 Å². The number of fused-ring (bicyclic) bond motifs is 1. The van der Waals surface area contributed by atoms with E-state index in [1.54, 1.807) is 12.1 Å². The molecule has 0 spiro atoms. The van der Waals surface area contributed by atoms with E-state index in [1.807, 2.05) is 32.0 Å². The summed E-state index contributed by atoms with van der Waals surface area (Å²) >= 11 is 0. The zero-order valence-corrected chi connectivity index (χ0v) is 14.9. The summed E-state index contributed by atoms with van der Waals surface area (Å²) in [5, 5.41) is 11.4. The Hall–Kier alpha value is -2.73. The van der Waals surface area contributed by atoms with Crippen LogP contribution in [0.3, 0.4) is 0 Å². The second-order valence-electron chi connectivity index (χ2n) is 7.31. The molecule has 26 heavy (non-hydrogen) atoms. The van der Waals surface area contributed by atoms with Gasteiger partial charge in [0.25, 0.3) is 11.5 Å². The number of hydrogen-bond donors (Lipinski definition) is 2. The molecule has 1 heterocycles. The van der Waals surface area contributed by atoms with Crippen LogP contribution < -0.4 is 10.9 Å². The molecule has 136 valence electrons. The van der Waals surface area contributed by atoms with E-state index in [4.69, 9.17) is 5.11 Å². The van der Waals surface area contributed by atoms with Crippen LogP contribution >= 0.6 is 0 Å². The molecule has 0 fully saturated rings. The largest absolute Gasteiger partial charge is 0.395 e. The Labute approximate surface area is 151 Å². The molecule has 2 N–H and O–H groups in total. The van der Waals surface area contributed by atoms with Gasteiger partial charge in [0, 0.05) is 29.9 Å². The molecule has 1 aliphatic carbocycles. The number of nitrogens with zero attached hydrogens (tertiary/aromatic N) is 1. The summed E-state index contributed by atoms with van der Waals surface area (Å²) in [7, 11) is 0. The topological polar surface area (TPSA) is 88.4 Å². The molecule has 2 aromatic rings. The molecule has 3 rings (SSSR count). The number of para-hydroxylation sites is 1. The average Bonchev–Trinajstić information content (AvgIpc) is 2.59. The Bertz CT molecular complexity index is 913. The lowest BCUT2D eigenvalue weighted by molar-refractivity contribution is 0.0908. The highest BCUT2D eigenvalue weighted by molar-refractivity contribution is 6.02. The van der Waals surface area contributed by atoms with Crippen molar-refractivity contribution in [2.75, 3.05) is 13.2 Å². The van der Waals surface area contributed by atoms with Gasteiger partial charge in [-0.05, 0) is 30.0 Å². The Morgan fingerprint density at radius 1 is 1.19 bits per heavy atom. The van der Waals surface area contributed by atoms with Gasteiger partial charge in [-0.3, -0.25) is 19.0 Å². The van der Waals surface area contributed by atoms with Crippen molar-refractivity contribution < 1.29 is 14.7 Å². The maximum Gasteiger partial charge on any atom is 0.268 e. The van der Waals surface area contributed by atoms with E-state index in [1.165, 1.54) is 10.6 Å². The summed E-state index contributed by atoms with van der Waals surface area (Å²) in [6.07, 6.45) is 0.932. The highest BCUT2D eigenvalue weighted by atomic mass is 16.3. The first-order valence-electron chi connectivity index (χ1n) is 8.61. The van der Waals surface area contributed by atoms with Gasteiger partial charge in [-0.2, -0.15) is 0 Å². The van der Waals surface area contributed by atoms with E-state index in [-0.39, 0.29) is 29.9 Å². The zero-order valence-electron chi connectivity index (χ0n) is 14.9. The van der Waals surface area contributed by atoms with Crippen LogP contribution in [0, 0.1) is 5.41 Å². The number of carbonyl (C=O) groups is 2. The van der Waals surface area contributed by atoms with Crippen LogP contribution in [-0.4, -0.2) is 34.5 Å². The number of aromatic nitrogens is 1. The van der Waals surface area contributed by atoms with Crippen LogP contribution in [0.5, 0.6) is 0 Å². The normalized spacial score (nSPS) is 15.4. The van der Waals surface area contributed by atoms with Crippen LogP contribution in [-0.2, 0) is 6.42 Å². The first-order valence-corrected chi connectivity index (χ1v) is 8.61.